The molecule has 1 heterocycles. The molecule has 0 aromatic carbocycles. The number of carbonyl (C=O) groups is 3. The normalized spacial score (nSPS) is 23.2. The Morgan fingerprint density at radius 3 is 2.27 bits per heavy atom. The van der Waals surface area contributed by atoms with Crippen LogP contribution in [0, 0.1) is 17.8 Å². The number of aliphatic hydroxyl groups is 1. The van der Waals surface area contributed by atoms with Gasteiger partial charge in [-0.05, 0) is 57.8 Å². The number of carbonyl (C=O) groups excluding carboxylic acids is 3. The van der Waals surface area contributed by atoms with E-state index in [4.69, 9.17) is 4.74 Å². The zero-order valence-electron chi connectivity index (χ0n) is 21.6. The minimum absolute atomic E-state index is 0.102. The van der Waals surface area contributed by atoms with Gasteiger partial charge in [0.15, 0.2) is 0 Å². The molecule has 1 aliphatic heterocycles. The molecule has 0 spiro atoms. The number of amides is 3. The molecular weight excluding hydrogens is 516 g/mol. The summed E-state index contributed by atoms with van der Waals surface area (Å²) in [6, 6.07) is -2.73. The Kier molecular flexibility index (Phi) is 10.3. The molecular formula is C23H39F2N3O8S. The quantitative estimate of drug-likeness (QED) is 0.241. The third kappa shape index (κ3) is 9.32. The predicted octanol–water partition coefficient (Wildman–Crippen LogP) is 1.95. The second kappa shape index (κ2) is 12.2. The van der Waals surface area contributed by atoms with Gasteiger partial charge in [0.1, 0.15) is 11.6 Å². The molecule has 0 aromatic heterocycles. The van der Waals surface area contributed by atoms with Gasteiger partial charge in [-0.2, -0.15) is 8.42 Å². The van der Waals surface area contributed by atoms with Crippen molar-refractivity contribution < 1.29 is 46.0 Å². The van der Waals surface area contributed by atoms with Gasteiger partial charge in [-0.1, -0.05) is 13.8 Å². The highest BCUT2D eigenvalue weighted by atomic mass is 32.2. The van der Waals surface area contributed by atoms with Gasteiger partial charge in [-0.3, -0.25) is 14.1 Å². The molecule has 1 aliphatic carbocycles. The fraction of sp³-hybridized carbons (Fsp3) is 0.870. The summed E-state index contributed by atoms with van der Waals surface area (Å²) in [5.74, 6) is -5.04. The van der Waals surface area contributed by atoms with Crippen molar-refractivity contribution in [3.05, 3.63) is 0 Å². The number of aliphatic hydroxyl groups excluding tert-OH is 1. The molecule has 4 atom stereocenters. The van der Waals surface area contributed by atoms with Crippen LogP contribution >= 0.6 is 0 Å². The Labute approximate surface area is 216 Å². The maximum atomic E-state index is 13.5. The van der Waals surface area contributed by atoms with Gasteiger partial charge in [-0.25, -0.2) is 13.6 Å². The van der Waals surface area contributed by atoms with Crippen molar-refractivity contribution in [1.82, 2.24) is 16.0 Å². The molecule has 0 bridgehead atoms. The second-order valence-electron chi connectivity index (χ2n) is 11.0. The van der Waals surface area contributed by atoms with Crippen LogP contribution in [0.4, 0.5) is 13.6 Å². The summed E-state index contributed by atoms with van der Waals surface area (Å²) in [6.07, 6.45) is -0.995. The van der Waals surface area contributed by atoms with Crippen LogP contribution in [0.25, 0.3) is 0 Å². The number of hydrogen-bond donors (Lipinski definition) is 5. The Morgan fingerprint density at radius 2 is 1.78 bits per heavy atom. The van der Waals surface area contributed by atoms with Crippen molar-refractivity contribution in [2.24, 2.45) is 17.8 Å². The van der Waals surface area contributed by atoms with E-state index in [1.807, 2.05) is 0 Å². The van der Waals surface area contributed by atoms with E-state index < -0.39 is 57.1 Å². The highest BCUT2D eigenvalue weighted by molar-refractivity contribution is 7.86. The number of alkyl carbamates (subject to hydrolysis) is 1. The molecule has 2 fully saturated rings. The van der Waals surface area contributed by atoms with Crippen LogP contribution in [0.2, 0.25) is 0 Å². The van der Waals surface area contributed by atoms with E-state index in [1.165, 1.54) is 0 Å². The van der Waals surface area contributed by atoms with Gasteiger partial charge in [0.25, 0.3) is 10.1 Å². The Bertz CT molecular complexity index is 934. The topological polar surface area (TPSA) is 171 Å². The van der Waals surface area contributed by atoms with Crippen molar-refractivity contribution >= 4 is 28.0 Å². The van der Waals surface area contributed by atoms with Crippen LogP contribution in [-0.4, -0.2) is 71.6 Å². The van der Waals surface area contributed by atoms with Gasteiger partial charge in [-0.15, -0.1) is 0 Å². The van der Waals surface area contributed by atoms with Crippen LogP contribution < -0.4 is 16.0 Å². The maximum Gasteiger partial charge on any atom is 0.408 e. The van der Waals surface area contributed by atoms with E-state index in [1.54, 1.807) is 27.7 Å². The van der Waals surface area contributed by atoms with Crippen molar-refractivity contribution in [2.45, 2.75) is 102 Å². The number of ether oxygens (including phenoxy) is 1. The standard InChI is InChI=1S/C23H39F2N3O8S/c1-13(2)11-16(28-21(32)36-22(3,4)15-5-8-23(24,25)9-6-15)19(30)27-17(20(31)37(33,34)35)12-14-7-10-26-18(14)29/h13-17,20,31H,5-12H2,1-4H3,(H,26,29)(H,27,30)(H,28,32)(H,33,34,35)/t14-,16-,17-,20?/m0/s1. The van der Waals surface area contributed by atoms with Crippen molar-refractivity contribution in [1.29, 1.82) is 0 Å². The fourth-order valence-corrected chi connectivity index (χ4v) is 5.44. The third-order valence-electron chi connectivity index (χ3n) is 7.05. The zero-order chi connectivity index (χ0) is 28.2. The van der Waals surface area contributed by atoms with Crippen LogP contribution in [0.5, 0.6) is 0 Å². The lowest BCUT2D eigenvalue weighted by Crippen LogP contribution is -2.55. The highest BCUT2D eigenvalue weighted by Gasteiger charge is 2.43. The van der Waals surface area contributed by atoms with Gasteiger partial charge in [0.2, 0.25) is 23.2 Å². The summed E-state index contributed by atoms with van der Waals surface area (Å²) in [6.45, 7) is 7.15. The molecule has 1 saturated heterocycles. The largest absolute Gasteiger partial charge is 0.443 e. The van der Waals surface area contributed by atoms with E-state index in [0.29, 0.717) is 13.0 Å². The summed E-state index contributed by atoms with van der Waals surface area (Å²) in [4.78, 5) is 37.8. The lowest BCUT2D eigenvalue weighted by Gasteiger charge is -2.38. The molecule has 214 valence electrons. The first-order valence-corrected chi connectivity index (χ1v) is 14.0. The fourth-order valence-electron chi connectivity index (χ4n) is 4.85. The van der Waals surface area contributed by atoms with Gasteiger partial charge < -0.3 is 25.8 Å². The molecule has 11 nitrogen and oxygen atoms in total. The lowest BCUT2D eigenvalue weighted by molar-refractivity contribution is -0.126. The zero-order valence-corrected chi connectivity index (χ0v) is 22.4. The minimum Gasteiger partial charge on any atom is -0.443 e. The molecule has 37 heavy (non-hydrogen) atoms. The SMILES string of the molecule is CC(C)C[C@H](NC(=O)OC(C)(C)C1CCC(F)(F)CC1)C(=O)N[C@@H](C[C@@H]1CCNC1=O)C(O)S(=O)(=O)O. The van der Waals surface area contributed by atoms with Crippen molar-refractivity contribution in [2.75, 3.05) is 6.54 Å². The smallest absolute Gasteiger partial charge is 0.408 e. The lowest BCUT2D eigenvalue weighted by atomic mass is 9.77. The Hall–Kier alpha value is -2.06. The Morgan fingerprint density at radius 1 is 1.19 bits per heavy atom. The summed E-state index contributed by atoms with van der Waals surface area (Å²) in [5.41, 5.74) is -3.47. The number of alkyl halides is 2. The first-order chi connectivity index (χ1) is 16.9. The minimum atomic E-state index is -4.98. The molecule has 3 amide bonds. The molecule has 5 N–H and O–H groups in total. The second-order valence-corrected chi connectivity index (χ2v) is 12.5. The van der Waals surface area contributed by atoms with Crippen molar-refractivity contribution in [3.63, 3.8) is 0 Å². The Balaban J connectivity index is 2.11. The van der Waals surface area contributed by atoms with E-state index in [-0.39, 0.29) is 56.3 Å². The first kappa shape index (κ1) is 31.2. The third-order valence-corrected chi connectivity index (χ3v) is 7.99. The molecule has 1 unspecified atom stereocenters. The summed E-state index contributed by atoms with van der Waals surface area (Å²) < 4.78 is 65.2. The average Bonchev–Trinajstić information content (AvgIpc) is 3.14. The summed E-state index contributed by atoms with van der Waals surface area (Å²) >= 11 is 0. The van der Waals surface area contributed by atoms with Crippen LogP contribution in [0.3, 0.4) is 0 Å². The monoisotopic (exact) mass is 555 g/mol. The van der Waals surface area contributed by atoms with E-state index >= 15 is 0 Å². The van der Waals surface area contributed by atoms with Crippen molar-refractivity contribution in [3.8, 4) is 0 Å². The average molecular weight is 556 g/mol. The number of rotatable bonds is 11. The van der Waals surface area contributed by atoms with Crippen LogP contribution in [0.15, 0.2) is 0 Å². The molecule has 2 rings (SSSR count). The first-order valence-electron chi connectivity index (χ1n) is 12.5. The molecule has 0 radical (unpaired) electrons. The molecule has 14 heteroatoms. The number of nitrogens with one attached hydrogen (secondary N) is 3. The van der Waals surface area contributed by atoms with Gasteiger partial charge in [0.05, 0.1) is 6.04 Å². The molecule has 2 aliphatic rings. The number of halogens is 2. The summed E-state index contributed by atoms with van der Waals surface area (Å²) in [7, 11) is -4.98. The number of hydrogen-bond acceptors (Lipinski definition) is 7. The predicted molar refractivity (Wildman–Crippen MR) is 129 cm³/mol. The van der Waals surface area contributed by atoms with Crippen LogP contribution in [-0.2, 0) is 24.4 Å². The van der Waals surface area contributed by atoms with E-state index in [0.717, 1.165) is 0 Å². The molecule has 1 saturated carbocycles. The maximum absolute atomic E-state index is 13.5. The highest BCUT2D eigenvalue weighted by Crippen LogP contribution is 2.41. The summed E-state index contributed by atoms with van der Waals surface area (Å²) in [5, 5.41) is 17.6. The van der Waals surface area contributed by atoms with E-state index in [2.05, 4.69) is 16.0 Å². The van der Waals surface area contributed by atoms with Gasteiger partial charge in [0, 0.05) is 25.3 Å². The molecule has 0 aromatic rings. The van der Waals surface area contributed by atoms with Gasteiger partial charge >= 0.3 is 6.09 Å². The van der Waals surface area contributed by atoms with Crippen LogP contribution in [0.1, 0.15) is 72.6 Å². The van der Waals surface area contributed by atoms with E-state index in [9.17, 15) is 41.2 Å².